The molecule has 0 heterocycles. The lowest BCUT2D eigenvalue weighted by Crippen LogP contribution is -2.04. The molecule has 0 spiro atoms. The number of methoxy groups -OCH3 is 1. The number of halogens is 1. The molecule has 19 heavy (non-hydrogen) atoms. The second-order valence-corrected chi connectivity index (χ2v) is 6.05. The molecule has 0 fully saturated rings. The number of ether oxygens (including phenoxy) is 2. The molecule has 0 amide bonds. The van der Waals surface area contributed by atoms with E-state index in [2.05, 4.69) is 0 Å². The molecular formula is C10H12ClNO6S. The van der Waals surface area contributed by atoms with Gasteiger partial charge in [0.1, 0.15) is 4.90 Å². The number of nitro groups is 1. The Kier molecular flexibility index (Phi) is 4.96. The van der Waals surface area contributed by atoms with Gasteiger partial charge in [-0.25, -0.2) is 8.42 Å². The van der Waals surface area contributed by atoms with Gasteiger partial charge < -0.3 is 9.47 Å². The van der Waals surface area contributed by atoms with Crippen molar-refractivity contribution >= 4 is 25.4 Å². The Morgan fingerprint density at radius 3 is 2.47 bits per heavy atom. The van der Waals surface area contributed by atoms with Gasteiger partial charge in [0, 0.05) is 16.7 Å². The Bertz CT molecular complexity index is 586. The largest absolute Gasteiger partial charge is 0.492 e. The maximum Gasteiger partial charge on any atom is 0.274 e. The zero-order valence-electron chi connectivity index (χ0n) is 10.3. The van der Waals surface area contributed by atoms with Crippen molar-refractivity contribution in [2.45, 2.75) is 18.2 Å². The molecule has 1 rings (SSSR count). The standard InChI is InChI=1S/C10H12ClNO6S/c1-3-4-18-8-5-7(12(13)14)6-9(10(8)17-2)19(11,15)16/h5-6H,3-4H2,1-2H3. The average Bonchev–Trinajstić information content (AvgIpc) is 2.33. The smallest absolute Gasteiger partial charge is 0.274 e. The van der Waals surface area contributed by atoms with Crippen molar-refractivity contribution in [3.63, 3.8) is 0 Å². The van der Waals surface area contributed by atoms with Crippen LogP contribution < -0.4 is 9.47 Å². The lowest BCUT2D eigenvalue weighted by molar-refractivity contribution is -0.385. The van der Waals surface area contributed by atoms with Crippen LogP contribution in [0.4, 0.5) is 5.69 Å². The Labute approximate surface area is 114 Å². The third kappa shape index (κ3) is 3.71. The van der Waals surface area contributed by atoms with Crippen LogP contribution >= 0.6 is 10.7 Å². The molecule has 7 nitrogen and oxygen atoms in total. The molecule has 0 saturated heterocycles. The molecule has 9 heteroatoms. The van der Waals surface area contributed by atoms with Crippen molar-refractivity contribution in [2.24, 2.45) is 0 Å². The summed E-state index contributed by atoms with van der Waals surface area (Å²) in [6.45, 7) is 2.10. The lowest BCUT2D eigenvalue weighted by Gasteiger charge is -2.12. The summed E-state index contributed by atoms with van der Waals surface area (Å²) in [5.41, 5.74) is -0.439. The van der Waals surface area contributed by atoms with Crippen molar-refractivity contribution in [3.8, 4) is 11.5 Å². The summed E-state index contributed by atoms with van der Waals surface area (Å²) in [6.07, 6.45) is 0.648. The first kappa shape index (κ1) is 15.5. The second kappa shape index (κ2) is 6.07. The molecule has 0 atom stereocenters. The van der Waals surface area contributed by atoms with Gasteiger partial charge in [0.2, 0.25) is 0 Å². The fourth-order valence-corrected chi connectivity index (χ4v) is 2.38. The van der Waals surface area contributed by atoms with E-state index >= 15 is 0 Å². The summed E-state index contributed by atoms with van der Waals surface area (Å²) < 4.78 is 33.0. The van der Waals surface area contributed by atoms with Crippen LogP contribution in [0.15, 0.2) is 17.0 Å². The van der Waals surface area contributed by atoms with E-state index in [1.165, 1.54) is 7.11 Å². The van der Waals surface area contributed by atoms with Crippen LogP contribution in [0.25, 0.3) is 0 Å². The molecule has 0 radical (unpaired) electrons. The number of benzene rings is 1. The van der Waals surface area contributed by atoms with Gasteiger partial charge in [-0.15, -0.1) is 0 Å². The number of hydrogen-bond donors (Lipinski definition) is 0. The molecule has 0 bridgehead atoms. The Balaban J connectivity index is 3.51. The van der Waals surface area contributed by atoms with Crippen LogP contribution in [-0.4, -0.2) is 27.1 Å². The van der Waals surface area contributed by atoms with Gasteiger partial charge in [-0.1, -0.05) is 6.92 Å². The average molecular weight is 310 g/mol. The van der Waals surface area contributed by atoms with Gasteiger partial charge in [0.15, 0.2) is 11.5 Å². The molecule has 0 unspecified atom stereocenters. The van der Waals surface area contributed by atoms with E-state index < -0.39 is 24.6 Å². The first-order chi connectivity index (χ1) is 8.81. The minimum Gasteiger partial charge on any atom is -0.492 e. The predicted octanol–water partition coefficient (Wildman–Crippen LogP) is 2.32. The van der Waals surface area contributed by atoms with Crippen LogP contribution in [0, 0.1) is 10.1 Å². The minimum absolute atomic E-state index is 0.0298. The molecule has 0 saturated carbocycles. The first-order valence-corrected chi connectivity index (χ1v) is 7.56. The Morgan fingerprint density at radius 2 is 2.05 bits per heavy atom. The highest BCUT2D eigenvalue weighted by molar-refractivity contribution is 8.13. The highest BCUT2D eigenvalue weighted by atomic mass is 35.7. The summed E-state index contributed by atoms with van der Waals surface area (Å²) >= 11 is 0. The number of non-ortho nitro benzene ring substituents is 1. The highest BCUT2D eigenvalue weighted by Crippen LogP contribution is 2.39. The fraction of sp³-hybridized carbons (Fsp3) is 0.400. The van der Waals surface area contributed by atoms with Crippen molar-refractivity contribution < 1.29 is 22.8 Å². The predicted molar refractivity (Wildman–Crippen MR) is 68.5 cm³/mol. The maximum absolute atomic E-state index is 11.4. The third-order valence-corrected chi connectivity index (χ3v) is 3.47. The van der Waals surface area contributed by atoms with Crippen molar-refractivity contribution in [2.75, 3.05) is 13.7 Å². The molecule has 0 aliphatic heterocycles. The van der Waals surface area contributed by atoms with Crippen LogP contribution in [-0.2, 0) is 9.05 Å². The summed E-state index contributed by atoms with van der Waals surface area (Å²) in [6, 6.07) is 1.93. The van der Waals surface area contributed by atoms with Gasteiger partial charge >= 0.3 is 0 Å². The number of nitrogens with zero attached hydrogens (tertiary/aromatic N) is 1. The third-order valence-electron chi connectivity index (χ3n) is 2.14. The second-order valence-electron chi connectivity index (χ2n) is 3.52. The van der Waals surface area contributed by atoms with Crippen LogP contribution in [0.5, 0.6) is 11.5 Å². The van der Waals surface area contributed by atoms with Crippen LogP contribution in [0.1, 0.15) is 13.3 Å². The van der Waals surface area contributed by atoms with Gasteiger partial charge in [-0.3, -0.25) is 10.1 Å². The number of rotatable bonds is 6. The van der Waals surface area contributed by atoms with Crippen molar-refractivity contribution in [3.05, 3.63) is 22.2 Å². The number of nitro benzene ring substituents is 1. The Morgan fingerprint density at radius 1 is 1.42 bits per heavy atom. The minimum atomic E-state index is -4.19. The van der Waals surface area contributed by atoms with Crippen molar-refractivity contribution in [1.82, 2.24) is 0 Å². The van der Waals surface area contributed by atoms with E-state index in [-0.39, 0.29) is 18.1 Å². The van der Waals surface area contributed by atoms with Gasteiger partial charge in [-0.05, 0) is 6.42 Å². The Hall–Kier alpha value is -1.54. The topological polar surface area (TPSA) is 95.7 Å². The monoisotopic (exact) mass is 309 g/mol. The normalized spacial score (nSPS) is 11.1. The summed E-state index contributed by atoms with van der Waals surface area (Å²) in [5.74, 6) is -0.174. The van der Waals surface area contributed by atoms with E-state index in [0.717, 1.165) is 12.1 Å². The molecule has 106 valence electrons. The molecule has 0 aromatic heterocycles. The van der Waals surface area contributed by atoms with Gasteiger partial charge in [0.05, 0.1) is 24.7 Å². The quantitative estimate of drug-likeness (QED) is 0.454. The maximum atomic E-state index is 11.4. The molecule has 0 N–H and O–H groups in total. The summed E-state index contributed by atoms with van der Waals surface area (Å²) in [4.78, 5) is 9.56. The molecule has 1 aromatic rings. The van der Waals surface area contributed by atoms with E-state index in [4.69, 9.17) is 20.2 Å². The SMILES string of the molecule is CCCOc1cc([N+](=O)[O-])cc(S(=O)(=O)Cl)c1OC. The van der Waals surface area contributed by atoms with Gasteiger partial charge in [0.25, 0.3) is 14.7 Å². The van der Waals surface area contributed by atoms with Crippen LogP contribution in [0.3, 0.4) is 0 Å². The zero-order valence-corrected chi connectivity index (χ0v) is 11.8. The van der Waals surface area contributed by atoms with E-state index in [9.17, 15) is 18.5 Å². The lowest BCUT2D eigenvalue weighted by atomic mass is 10.3. The van der Waals surface area contributed by atoms with Gasteiger partial charge in [-0.2, -0.15) is 0 Å². The molecule has 0 aliphatic rings. The summed E-state index contributed by atoms with van der Waals surface area (Å²) in [5, 5.41) is 10.8. The van der Waals surface area contributed by atoms with Crippen molar-refractivity contribution in [1.29, 1.82) is 0 Å². The van der Waals surface area contributed by atoms with E-state index in [0.29, 0.717) is 6.42 Å². The fourth-order valence-electron chi connectivity index (χ4n) is 1.37. The highest BCUT2D eigenvalue weighted by Gasteiger charge is 2.25. The van der Waals surface area contributed by atoms with Crippen LogP contribution in [0.2, 0.25) is 0 Å². The zero-order chi connectivity index (χ0) is 14.6. The molecule has 0 aliphatic carbocycles. The molecule has 1 aromatic carbocycles. The summed E-state index contributed by atoms with van der Waals surface area (Å²) in [7, 11) is 2.28. The van der Waals surface area contributed by atoms with E-state index in [1.54, 1.807) is 0 Å². The van der Waals surface area contributed by atoms with E-state index in [1.807, 2.05) is 6.92 Å². The molecular weight excluding hydrogens is 298 g/mol. The number of hydrogen-bond acceptors (Lipinski definition) is 6. The first-order valence-electron chi connectivity index (χ1n) is 5.25.